The Kier molecular flexibility index (Phi) is 5.72. The summed E-state index contributed by atoms with van der Waals surface area (Å²) in [6, 6.07) is 4.28. The quantitative estimate of drug-likeness (QED) is 0.873. The number of hydrogen-bond donors (Lipinski definition) is 2. The molecule has 0 saturated heterocycles. The van der Waals surface area contributed by atoms with E-state index in [0.717, 1.165) is 6.26 Å². The van der Waals surface area contributed by atoms with Gasteiger partial charge in [0, 0.05) is 12.8 Å². The van der Waals surface area contributed by atoms with Gasteiger partial charge in [-0.15, -0.1) is 12.4 Å². The minimum Gasteiger partial charge on any atom is -0.387 e. The first-order valence-electron chi connectivity index (χ1n) is 4.24. The number of aliphatic hydroxyl groups is 1. The highest BCUT2D eigenvalue weighted by molar-refractivity contribution is 7.90. The van der Waals surface area contributed by atoms with Gasteiger partial charge in [-0.3, -0.25) is 0 Å². The van der Waals surface area contributed by atoms with Crippen molar-refractivity contribution in [3.8, 4) is 0 Å². The van der Waals surface area contributed by atoms with E-state index in [1.54, 1.807) is 0 Å². The summed E-state index contributed by atoms with van der Waals surface area (Å²) in [6.07, 6.45) is 0.254. The first-order valence-corrected chi connectivity index (χ1v) is 6.51. The Morgan fingerprint density at radius 1 is 1.50 bits per heavy atom. The van der Waals surface area contributed by atoms with Crippen molar-refractivity contribution in [2.24, 2.45) is 5.73 Å². The first-order chi connectivity index (χ1) is 6.86. The largest absolute Gasteiger partial charge is 0.387 e. The van der Waals surface area contributed by atoms with Crippen LogP contribution in [0.4, 0.5) is 0 Å². The fraction of sp³-hybridized carbons (Fsp3) is 0.333. The fourth-order valence-electron chi connectivity index (χ4n) is 1.16. The predicted molar refractivity (Wildman–Crippen MR) is 65.8 cm³/mol. The van der Waals surface area contributed by atoms with Gasteiger partial charge in [-0.25, -0.2) is 8.42 Å². The minimum absolute atomic E-state index is 0. The molecule has 1 aromatic carbocycles. The van der Waals surface area contributed by atoms with Crippen LogP contribution in [0.5, 0.6) is 0 Å². The van der Waals surface area contributed by atoms with E-state index in [9.17, 15) is 13.5 Å². The molecule has 1 atom stereocenters. The van der Waals surface area contributed by atoms with Crippen molar-refractivity contribution >= 4 is 33.8 Å². The Hall–Kier alpha value is -0.330. The topological polar surface area (TPSA) is 80.4 Å². The van der Waals surface area contributed by atoms with E-state index in [4.69, 9.17) is 17.3 Å². The molecule has 1 unspecified atom stereocenters. The second-order valence-corrected chi connectivity index (χ2v) is 5.60. The second kappa shape index (κ2) is 5.84. The van der Waals surface area contributed by atoms with Crippen molar-refractivity contribution in [3.05, 3.63) is 28.8 Å². The van der Waals surface area contributed by atoms with Crippen LogP contribution in [-0.2, 0) is 9.84 Å². The smallest absolute Gasteiger partial charge is 0.176 e. The van der Waals surface area contributed by atoms with Crippen molar-refractivity contribution in [2.45, 2.75) is 11.0 Å². The lowest BCUT2D eigenvalue weighted by atomic mass is 10.1. The lowest BCUT2D eigenvalue weighted by Gasteiger charge is -2.09. The maximum atomic E-state index is 11.2. The fourth-order valence-corrected chi connectivity index (χ4v) is 2.50. The molecular weight excluding hydrogens is 273 g/mol. The van der Waals surface area contributed by atoms with Gasteiger partial charge in [-0.2, -0.15) is 0 Å². The average molecular weight is 286 g/mol. The summed E-state index contributed by atoms with van der Waals surface area (Å²) in [5.74, 6) is 0. The number of nitrogens with two attached hydrogens (primary N) is 1. The minimum atomic E-state index is -3.33. The third kappa shape index (κ3) is 3.61. The molecule has 0 saturated carbocycles. The van der Waals surface area contributed by atoms with E-state index in [1.165, 1.54) is 18.2 Å². The zero-order valence-electron chi connectivity index (χ0n) is 8.55. The zero-order valence-corrected chi connectivity index (χ0v) is 10.9. The summed E-state index contributed by atoms with van der Waals surface area (Å²) in [5, 5.41) is 9.51. The third-order valence-corrected chi connectivity index (χ3v) is 3.54. The summed E-state index contributed by atoms with van der Waals surface area (Å²) >= 11 is 5.78. The maximum Gasteiger partial charge on any atom is 0.176 e. The van der Waals surface area contributed by atoms with Gasteiger partial charge in [0.15, 0.2) is 9.84 Å². The Balaban J connectivity index is 0.00000225. The monoisotopic (exact) mass is 285 g/mol. The Bertz CT molecular complexity index is 462. The molecule has 4 nitrogen and oxygen atoms in total. The van der Waals surface area contributed by atoms with Gasteiger partial charge in [0.05, 0.1) is 16.0 Å². The third-order valence-electron chi connectivity index (χ3n) is 1.96. The maximum absolute atomic E-state index is 11.2. The highest BCUT2D eigenvalue weighted by Crippen LogP contribution is 2.25. The molecule has 0 fully saturated rings. The molecule has 3 N–H and O–H groups in total. The van der Waals surface area contributed by atoms with E-state index in [0.29, 0.717) is 5.56 Å². The number of sulfone groups is 1. The predicted octanol–water partition coefficient (Wildman–Crippen LogP) is 1.16. The molecule has 1 rings (SSSR count). The van der Waals surface area contributed by atoms with Crippen LogP contribution >= 0.6 is 24.0 Å². The molecular formula is C9H13Cl2NO3S. The van der Waals surface area contributed by atoms with Crippen molar-refractivity contribution in [3.63, 3.8) is 0 Å². The number of benzene rings is 1. The SMILES string of the molecule is CS(=O)(=O)c1ccc(C(O)CN)cc1Cl.Cl. The van der Waals surface area contributed by atoms with E-state index >= 15 is 0 Å². The molecule has 1 aromatic rings. The summed E-state index contributed by atoms with van der Waals surface area (Å²) in [6.45, 7) is 0.0640. The zero-order chi connectivity index (χ0) is 11.6. The summed E-state index contributed by atoms with van der Waals surface area (Å²) in [4.78, 5) is 0.0529. The van der Waals surface area contributed by atoms with E-state index < -0.39 is 15.9 Å². The van der Waals surface area contributed by atoms with Crippen molar-refractivity contribution in [1.29, 1.82) is 0 Å². The van der Waals surface area contributed by atoms with E-state index in [2.05, 4.69) is 0 Å². The lowest BCUT2D eigenvalue weighted by Crippen LogP contribution is -2.11. The van der Waals surface area contributed by atoms with Crippen molar-refractivity contribution in [2.75, 3.05) is 12.8 Å². The Labute approximate surface area is 106 Å². The van der Waals surface area contributed by atoms with Crippen LogP contribution in [0.2, 0.25) is 5.02 Å². The van der Waals surface area contributed by atoms with Crippen LogP contribution in [0.1, 0.15) is 11.7 Å². The van der Waals surface area contributed by atoms with Gasteiger partial charge in [-0.1, -0.05) is 17.7 Å². The van der Waals surface area contributed by atoms with Gasteiger partial charge in [0.2, 0.25) is 0 Å². The molecule has 0 spiro atoms. The normalized spacial score (nSPS) is 13.0. The Morgan fingerprint density at radius 2 is 2.06 bits per heavy atom. The van der Waals surface area contributed by atoms with Crippen molar-refractivity contribution in [1.82, 2.24) is 0 Å². The summed E-state index contributed by atoms with van der Waals surface area (Å²) in [5.41, 5.74) is 5.78. The van der Waals surface area contributed by atoms with Crippen LogP contribution in [0.25, 0.3) is 0 Å². The van der Waals surface area contributed by atoms with Crippen LogP contribution in [0.3, 0.4) is 0 Å². The average Bonchev–Trinajstić information content (AvgIpc) is 2.14. The second-order valence-electron chi connectivity index (χ2n) is 3.21. The van der Waals surface area contributed by atoms with Gasteiger partial charge in [0.1, 0.15) is 0 Å². The van der Waals surface area contributed by atoms with Crippen LogP contribution in [-0.4, -0.2) is 26.3 Å². The number of halogens is 2. The first kappa shape index (κ1) is 15.7. The highest BCUT2D eigenvalue weighted by Gasteiger charge is 2.14. The number of hydrogen-bond acceptors (Lipinski definition) is 4. The highest BCUT2D eigenvalue weighted by atomic mass is 35.5. The van der Waals surface area contributed by atoms with Crippen LogP contribution in [0.15, 0.2) is 23.1 Å². The van der Waals surface area contributed by atoms with Crippen molar-refractivity contribution < 1.29 is 13.5 Å². The molecule has 0 amide bonds. The molecule has 0 aliphatic carbocycles. The van der Waals surface area contributed by atoms with E-state index in [1.807, 2.05) is 0 Å². The molecule has 0 aliphatic heterocycles. The number of aliphatic hydroxyl groups excluding tert-OH is 1. The van der Waals surface area contributed by atoms with Crippen LogP contribution in [0, 0.1) is 0 Å². The molecule has 0 aromatic heterocycles. The molecule has 16 heavy (non-hydrogen) atoms. The lowest BCUT2D eigenvalue weighted by molar-refractivity contribution is 0.186. The van der Waals surface area contributed by atoms with Gasteiger partial charge < -0.3 is 10.8 Å². The van der Waals surface area contributed by atoms with Gasteiger partial charge in [-0.05, 0) is 17.7 Å². The Morgan fingerprint density at radius 3 is 2.44 bits per heavy atom. The molecule has 7 heteroatoms. The molecule has 0 radical (unpaired) electrons. The van der Waals surface area contributed by atoms with E-state index in [-0.39, 0.29) is 28.9 Å². The van der Waals surface area contributed by atoms with Crippen LogP contribution < -0.4 is 5.73 Å². The molecule has 0 heterocycles. The van der Waals surface area contributed by atoms with Gasteiger partial charge >= 0.3 is 0 Å². The van der Waals surface area contributed by atoms with Gasteiger partial charge in [0.25, 0.3) is 0 Å². The molecule has 0 bridgehead atoms. The number of rotatable bonds is 3. The molecule has 0 aliphatic rings. The standard InChI is InChI=1S/C9H12ClNO3S.ClH/c1-15(13,14)9-3-2-6(4-7(9)10)8(12)5-11;/h2-4,8,12H,5,11H2,1H3;1H. The summed E-state index contributed by atoms with van der Waals surface area (Å²) < 4.78 is 22.5. The summed E-state index contributed by atoms with van der Waals surface area (Å²) in [7, 11) is -3.33. The molecule has 92 valence electrons.